The Hall–Kier alpha value is -0.610. The number of hydrogen-bond acceptors (Lipinski definition) is 3. The molecule has 0 aliphatic rings. The lowest BCUT2D eigenvalue weighted by atomic mass is 10.1. The van der Waals surface area contributed by atoms with Gasteiger partial charge < -0.3 is 15.4 Å². The van der Waals surface area contributed by atoms with Crippen LogP contribution >= 0.6 is 0 Å². The first-order valence-corrected chi connectivity index (χ1v) is 5.65. The molecule has 1 unspecified atom stereocenters. The number of carbonyl (C=O) groups excluding carboxylic acids is 1. The maximum atomic E-state index is 11.3. The topological polar surface area (TPSA) is 50.4 Å². The molecule has 0 rings (SSSR count). The van der Waals surface area contributed by atoms with E-state index in [0.29, 0.717) is 12.5 Å². The highest BCUT2D eigenvalue weighted by atomic mass is 16.5. The second-order valence-electron chi connectivity index (χ2n) is 4.01. The number of carbonyl (C=O) groups is 1. The van der Waals surface area contributed by atoms with E-state index in [1.165, 1.54) is 0 Å². The van der Waals surface area contributed by atoms with Crippen LogP contribution in [0.2, 0.25) is 0 Å². The van der Waals surface area contributed by atoms with Gasteiger partial charge in [0.1, 0.15) is 6.61 Å². The molecule has 1 atom stereocenters. The number of rotatable bonds is 8. The first-order chi connectivity index (χ1) is 7.07. The third-order valence-electron chi connectivity index (χ3n) is 2.29. The van der Waals surface area contributed by atoms with Gasteiger partial charge in [-0.25, -0.2) is 0 Å². The molecule has 0 aromatic heterocycles. The summed E-state index contributed by atoms with van der Waals surface area (Å²) in [6.45, 7) is 10.7. The molecular weight excluding hydrogens is 192 g/mol. The van der Waals surface area contributed by atoms with E-state index in [1.54, 1.807) is 0 Å². The van der Waals surface area contributed by atoms with Gasteiger partial charge in [-0.05, 0) is 19.4 Å². The van der Waals surface area contributed by atoms with Crippen molar-refractivity contribution < 1.29 is 9.53 Å². The first kappa shape index (κ1) is 14.4. The van der Waals surface area contributed by atoms with Crippen LogP contribution in [-0.4, -0.2) is 38.3 Å². The maximum absolute atomic E-state index is 11.3. The van der Waals surface area contributed by atoms with Crippen molar-refractivity contribution in [2.24, 2.45) is 5.92 Å². The molecule has 0 saturated heterocycles. The SMILES string of the molecule is CCNCCOCC(=O)NC(C)C(C)C. The van der Waals surface area contributed by atoms with Crippen LogP contribution in [0.4, 0.5) is 0 Å². The van der Waals surface area contributed by atoms with E-state index in [2.05, 4.69) is 24.5 Å². The summed E-state index contributed by atoms with van der Waals surface area (Å²) in [5.74, 6) is 0.420. The van der Waals surface area contributed by atoms with Gasteiger partial charge in [-0.3, -0.25) is 4.79 Å². The van der Waals surface area contributed by atoms with Crippen molar-refractivity contribution >= 4 is 5.91 Å². The Bertz CT molecular complexity index is 172. The Morgan fingerprint density at radius 3 is 2.53 bits per heavy atom. The molecule has 0 aliphatic carbocycles. The Morgan fingerprint density at radius 1 is 1.33 bits per heavy atom. The monoisotopic (exact) mass is 216 g/mol. The predicted octanol–water partition coefficient (Wildman–Crippen LogP) is 0.773. The quantitative estimate of drug-likeness (QED) is 0.589. The molecule has 0 fully saturated rings. The van der Waals surface area contributed by atoms with Crippen LogP contribution in [-0.2, 0) is 9.53 Å². The summed E-state index contributed by atoms with van der Waals surface area (Å²) >= 11 is 0. The first-order valence-electron chi connectivity index (χ1n) is 5.65. The minimum absolute atomic E-state index is 0.0345. The van der Waals surface area contributed by atoms with Crippen LogP contribution in [0.3, 0.4) is 0 Å². The average Bonchev–Trinajstić information content (AvgIpc) is 2.17. The number of hydrogen-bond donors (Lipinski definition) is 2. The van der Waals surface area contributed by atoms with Gasteiger partial charge in [0.2, 0.25) is 5.91 Å². The van der Waals surface area contributed by atoms with Gasteiger partial charge in [0.15, 0.2) is 0 Å². The van der Waals surface area contributed by atoms with Crippen molar-refractivity contribution in [3.63, 3.8) is 0 Å². The molecule has 0 saturated carbocycles. The van der Waals surface area contributed by atoms with Gasteiger partial charge in [-0.2, -0.15) is 0 Å². The second-order valence-corrected chi connectivity index (χ2v) is 4.01. The minimum atomic E-state index is -0.0345. The lowest BCUT2D eigenvalue weighted by Gasteiger charge is -2.17. The van der Waals surface area contributed by atoms with Crippen molar-refractivity contribution in [1.29, 1.82) is 0 Å². The standard InChI is InChI=1S/C11H24N2O2/c1-5-12-6-7-15-8-11(14)13-10(4)9(2)3/h9-10,12H,5-8H2,1-4H3,(H,13,14). The molecule has 0 spiro atoms. The summed E-state index contributed by atoms with van der Waals surface area (Å²) in [6.07, 6.45) is 0. The average molecular weight is 216 g/mol. The van der Waals surface area contributed by atoms with E-state index in [0.717, 1.165) is 13.1 Å². The van der Waals surface area contributed by atoms with Gasteiger partial charge in [-0.1, -0.05) is 20.8 Å². The van der Waals surface area contributed by atoms with E-state index >= 15 is 0 Å². The van der Waals surface area contributed by atoms with Crippen molar-refractivity contribution in [3.8, 4) is 0 Å². The predicted molar refractivity (Wildman–Crippen MR) is 61.8 cm³/mol. The largest absolute Gasteiger partial charge is 0.370 e. The van der Waals surface area contributed by atoms with Crippen LogP contribution in [0.5, 0.6) is 0 Å². The molecule has 2 N–H and O–H groups in total. The van der Waals surface area contributed by atoms with E-state index in [-0.39, 0.29) is 18.6 Å². The summed E-state index contributed by atoms with van der Waals surface area (Å²) in [7, 11) is 0. The van der Waals surface area contributed by atoms with Crippen LogP contribution in [0.1, 0.15) is 27.7 Å². The lowest BCUT2D eigenvalue weighted by Crippen LogP contribution is -2.38. The molecule has 0 bridgehead atoms. The zero-order valence-electron chi connectivity index (χ0n) is 10.3. The van der Waals surface area contributed by atoms with E-state index in [9.17, 15) is 4.79 Å². The fourth-order valence-corrected chi connectivity index (χ4v) is 0.948. The lowest BCUT2D eigenvalue weighted by molar-refractivity contribution is -0.126. The molecule has 0 aromatic carbocycles. The molecule has 15 heavy (non-hydrogen) atoms. The Labute approximate surface area is 92.8 Å². The zero-order chi connectivity index (χ0) is 11.7. The summed E-state index contributed by atoms with van der Waals surface area (Å²) in [6, 6.07) is 0.204. The van der Waals surface area contributed by atoms with Crippen LogP contribution < -0.4 is 10.6 Å². The van der Waals surface area contributed by atoms with Crippen LogP contribution in [0.25, 0.3) is 0 Å². The molecular formula is C11H24N2O2. The Kier molecular flexibility index (Phi) is 8.33. The molecule has 0 aromatic rings. The minimum Gasteiger partial charge on any atom is -0.370 e. The summed E-state index contributed by atoms with van der Waals surface area (Å²) in [5, 5.41) is 6.01. The van der Waals surface area contributed by atoms with Crippen molar-refractivity contribution in [3.05, 3.63) is 0 Å². The fourth-order valence-electron chi connectivity index (χ4n) is 0.948. The van der Waals surface area contributed by atoms with Crippen LogP contribution in [0.15, 0.2) is 0 Å². The van der Waals surface area contributed by atoms with Gasteiger partial charge in [0, 0.05) is 12.6 Å². The fraction of sp³-hybridized carbons (Fsp3) is 0.909. The van der Waals surface area contributed by atoms with Crippen molar-refractivity contribution in [2.45, 2.75) is 33.7 Å². The molecule has 4 nitrogen and oxygen atoms in total. The number of likely N-dealkylation sites (N-methyl/N-ethyl adjacent to an activating group) is 1. The zero-order valence-corrected chi connectivity index (χ0v) is 10.3. The van der Waals surface area contributed by atoms with Crippen molar-refractivity contribution in [1.82, 2.24) is 10.6 Å². The normalized spacial score (nSPS) is 12.9. The van der Waals surface area contributed by atoms with Gasteiger partial charge in [0.25, 0.3) is 0 Å². The molecule has 4 heteroatoms. The number of amides is 1. The maximum Gasteiger partial charge on any atom is 0.246 e. The van der Waals surface area contributed by atoms with E-state index in [4.69, 9.17) is 4.74 Å². The van der Waals surface area contributed by atoms with Gasteiger partial charge >= 0.3 is 0 Å². The van der Waals surface area contributed by atoms with Crippen molar-refractivity contribution in [2.75, 3.05) is 26.3 Å². The molecule has 1 amide bonds. The summed E-state index contributed by atoms with van der Waals surface area (Å²) < 4.78 is 5.20. The van der Waals surface area contributed by atoms with E-state index < -0.39 is 0 Å². The molecule has 0 aliphatic heterocycles. The highest BCUT2D eigenvalue weighted by molar-refractivity contribution is 5.77. The highest BCUT2D eigenvalue weighted by Gasteiger charge is 2.10. The molecule has 0 heterocycles. The van der Waals surface area contributed by atoms with Gasteiger partial charge in [-0.15, -0.1) is 0 Å². The Balaban J connectivity index is 3.41. The third-order valence-corrected chi connectivity index (χ3v) is 2.29. The molecule has 0 radical (unpaired) electrons. The van der Waals surface area contributed by atoms with E-state index in [1.807, 2.05) is 13.8 Å². The van der Waals surface area contributed by atoms with Crippen LogP contribution in [0, 0.1) is 5.92 Å². The highest BCUT2D eigenvalue weighted by Crippen LogP contribution is 1.98. The number of ether oxygens (including phenoxy) is 1. The summed E-state index contributed by atoms with van der Waals surface area (Å²) in [5.41, 5.74) is 0. The third kappa shape index (κ3) is 8.39. The Morgan fingerprint density at radius 2 is 2.00 bits per heavy atom. The second kappa shape index (κ2) is 8.68. The number of nitrogens with one attached hydrogen (secondary N) is 2. The van der Waals surface area contributed by atoms with Gasteiger partial charge in [0.05, 0.1) is 6.61 Å². The molecule has 90 valence electrons. The summed E-state index contributed by atoms with van der Waals surface area (Å²) in [4.78, 5) is 11.3. The smallest absolute Gasteiger partial charge is 0.246 e.